The topological polar surface area (TPSA) is 174 Å². The van der Waals surface area contributed by atoms with Gasteiger partial charge in [-0.05, 0) is 133 Å². The lowest BCUT2D eigenvalue weighted by molar-refractivity contribution is -0.149. The number of fused-ring (bicyclic) bond motifs is 1. The number of amides is 2. The maximum atomic E-state index is 14.0. The van der Waals surface area contributed by atoms with Gasteiger partial charge in [-0.1, -0.05) is 74.3 Å². The average molecular weight is 1040 g/mol. The number of hydrazine groups is 1. The van der Waals surface area contributed by atoms with Crippen LogP contribution in [0.3, 0.4) is 0 Å². The van der Waals surface area contributed by atoms with Gasteiger partial charge in [0.15, 0.2) is 0 Å². The van der Waals surface area contributed by atoms with Crippen LogP contribution in [0, 0.1) is 0 Å². The molecule has 19 heteroatoms. The molecule has 5 N–H and O–H groups in total. The van der Waals surface area contributed by atoms with Gasteiger partial charge in [-0.25, -0.2) is 19.2 Å². The zero-order chi connectivity index (χ0) is 51.7. The number of nitrogens with zero attached hydrogens (tertiary/aromatic N) is 2. The average Bonchev–Trinajstić information content (AvgIpc) is 3.31. The number of anilines is 1. The second-order valence-electron chi connectivity index (χ2n) is 19.5. The van der Waals surface area contributed by atoms with Gasteiger partial charge in [-0.2, -0.15) is 17.5 Å². The Morgan fingerprint density at radius 2 is 1.37 bits per heavy atom. The molecular weight excluding hydrogens is 969 g/mol. The minimum Gasteiger partial charge on any atom is -0.471 e. The van der Waals surface area contributed by atoms with Crippen LogP contribution in [0.5, 0.6) is 5.88 Å². The number of hydrogen-bond acceptors (Lipinski definition) is 10. The van der Waals surface area contributed by atoms with Gasteiger partial charge in [0, 0.05) is 77.2 Å². The van der Waals surface area contributed by atoms with E-state index < -0.39 is 37.9 Å². The van der Waals surface area contributed by atoms with Gasteiger partial charge < -0.3 is 24.8 Å². The van der Waals surface area contributed by atoms with Crippen LogP contribution in [0.25, 0.3) is 10.9 Å². The van der Waals surface area contributed by atoms with E-state index in [-0.39, 0.29) is 68.6 Å². The third-order valence-corrected chi connectivity index (χ3v) is 15.9. The summed E-state index contributed by atoms with van der Waals surface area (Å²) in [7, 11) is -5.47. The van der Waals surface area contributed by atoms with Crippen LogP contribution in [0.15, 0.2) is 72.8 Å². The van der Waals surface area contributed by atoms with E-state index in [1.165, 1.54) is 0 Å². The summed E-state index contributed by atoms with van der Waals surface area (Å²) in [6.07, 6.45) is 3.63. The number of halogens is 5. The van der Waals surface area contributed by atoms with E-state index in [1.54, 1.807) is 13.0 Å². The first kappa shape index (κ1) is 56.7. The quantitative estimate of drug-likeness (QED) is 0.0229. The SMILES string of the molecule is CCC(C)(CCOC(C)(CC)CCC(=O)NN)NC(=O)C(C)(CC)OCCC(C)(C)Oc1cc(NC2CCN(S(=O)(=O)C(F)(F)F)CC2)c2cc(C(c3ccc(Cl)cc3)c3ccc(Cl)cc3)ccc2n1. The molecule has 2 heterocycles. The van der Waals surface area contributed by atoms with Crippen molar-refractivity contribution < 1.29 is 45.4 Å². The fourth-order valence-corrected chi connectivity index (χ4v) is 9.54. The standard InChI is InChI=1S/C51H69Cl2F3N6O7S/c1-9-48(6,27-31-67-49(7,10-2)25-22-43(63)61-57)60-46(64)50(8,11-3)68-30-26-47(4,5)69-44-33-42(58-39-23-28-62(29-24-39)70(65,66)51(54,55)56)40-32-36(16-21-41(40)59-44)45(34-12-17-37(52)18-13-34)35-14-19-38(53)20-15-35/h12-21,32-33,39,45H,9-11,22-31,57H2,1-8H3,(H,58,59)(H,60,64)(H,61,63). The van der Waals surface area contributed by atoms with Crippen molar-refractivity contribution in [1.82, 2.24) is 20.0 Å². The molecule has 0 bridgehead atoms. The molecule has 0 spiro atoms. The molecule has 1 aromatic heterocycles. The number of pyridine rings is 1. The van der Waals surface area contributed by atoms with E-state index in [0.717, 1.165) is 22.1 Å². The molecular formula is C51H69Cl2F3N6O7S. The van der Waals surface area contributed by atoms with E-state index in [2.05, 4.69) is 16.1 Å². The summed E-state index contributed by atoms with van der Waals surface area (Å²) < 4.78 is 84.6. The van der Waals surface area contributed by atoms with Gasteiger partial charge in [0.2, 0.25) is 11.8 Å². The summed E-state index contributed by atoms with van der Waals surface area (Å²) in [5, 5.41) is 8.63. The monoisotopic (exact) mass is 1040 g/mol. The highest BCUT2D eigenvalue weighted by molar-refractivity contribution is 7.90. The molecule has 70 heavy (non-hydrogen) atoms. The number of piperidine rings is 1. The predicted octanol–water partition coefficient (Wildman–Crippen LogP) is 10.8. The number of carbonyl (C=O) groups excluding carboxylic acids is 2. The minimum atomic E-state index is -5.47. The van der Waals surface area contributed by atoms with E-state index in [0.29, 0.717) is 70.7 Å². The van der Waals surface area contributed by atoms with Crippen LogP contribution in [-0.2, 0) is 29.1 Å². The van der Waals surface area contributed by atoms with Crippen molar-refractivity contribution in [3.8, 4) is 5.88 Å². The highest BCUT2D eigenvalue weighted by Gasteiger charge is 2.50. The number of benzene rings is 3. The maximum absolute atomic E-state index is 14.0. The molecule has 2 amide bonds. The summed E-state index contributed by atoms with van der Waals surface area (Å²) in [6.45, 7) is 15.3. The molecule has 3 atom stereocenters. The molecule has 3 unspecified atom stereocenters. The fraction of sp³-hybridized carbons (Fsp3) is 0.549. The van der Waals surface area contributed by atoms with Gasteiger partial charge in [0.05, 0.1) is 17.7 Å². The lowest BCUT2D eigenvalue weighted by Gasteiger charge is -2.37. The minimum absolute atomic E-state index is 0.125. The number of sulfonamides is 1. The lowest BCUT2D eigenvalue weighted by Crippen LogP contribution is -2.55. The largest absolute Gasteiger partial charge is 0.511 e. The molecule has 13 nitrogen and oxygen atoms in total. The zero-order valence-electron chi connectivity index (χ0n) is 41.4. The van der Waals surface area contributed by atoms with Crippen LogP contribution in [0.4, 0.5) is 18.9 Å². The second-order valence-corrected chi connectivity index (χ2v) is 22.3. The first-order valence-electron chi connectivity index (χ1n) is 23.9. The first-order valence-corrected chi connectivity index (χ1v) is 26.1. The van der Waals surface area contributed by atoms with Crippen molar-refractivity contribution in [2.45, 2.75) is 153 Å². The number of alkyl halides is 3. The molecule has 0 radical (unpaired) electrons. The van der Waals surface area contributed by atoms with Crippen molar-refractivity contribution in [3.05, 3.63) is 99.5 Å². The highest BCUT2D eigenvalue weighted by atomic mass is 35.5. The van der Waals surface area contributed by atoms with Crippen molar-refractivity contribution in [2.24, 2.45) is 5.84 Å². The van der Waals surface area contributed by atoms with E-state index in [9.17, 15) is 31.2 Å². The van der Waals surface area contributed by atoms with Crippen molar-refractivity contribution in [2.75, 3.05) is 31.6 Å². The predicted molar refractivity (Wildman–Crippen MR) is 270 cm³/mol. The molecule has 1 aliphatic rings. The highest BCUT2D eigenvalue weighted by Crippen LogP contribution is 2.39. The maximum Gasteiger partial charge on any atom is 0.511 e. The van der Waals surface area contributed by atoms with E-state index in [1.807, 2.05) is 115 Å². The van der Waals surface area contributed by atoms with Crippen molar-refractivity contribution >= 4 is 61.6 Å². The summed E-state index contributed by atoms with van der Waals surface area (Å²) >= 11 is 12.6. The van der Waals surface area contributed by atoms with Crippen LogP contribution >= 0.6 is 23.2 Å². The smallest absolute Gasteiger partial charge is 0.471 e. The van der Waals surface area contributed by atoms with Crippen LogP contribution in [0.1, 0.15) is 136 Å². The Morgan fingerprint density at radius 1 is 0.800 bits per heavy atom. The van der Waals surface area contributed by atoms with Crippen molar-refractivity contribution in [1.29, 1.82) is 0 Å². The fourth-order valence-electron chi connectivity index (χ4n) is 8.31. The Bertz CT molecular complexity index is 2470. The Morgan fingerprint density at radius 3 is 1.90 bits per heavy atom. The number of nitrogens with one attached hydrogen (secondary N) is 3. The lowest BCUT2D eigenvalue weighted by atomic mass is 9.84. The summed E-state index contributed by atoms with van der Waals surface area (Å²) in [5.74, 6) is 4.78. The molecule has 386 valence electrons. The first-order chi connectivity index (χ1) is 32.8. The second kappa shape index (κ2) is 23.5. The normalized spacial score (nSPS) is 16.8. The summed E-state index contributed by atoms with van der Waals surface area (Å²) in [5.41, 5.74) is -2.33. The molecule has 1 saturated heterocycles. The third-order valence-electron chi connectivity index (χ3n) is 13.7. The third kappa shape index (κ3) is 14.7. The van der Waals surface area contributed by atoms with E-state index >= 15 is 0 Å². The molecule has 0 aliphatic carbocycles. The van der Waals surface area contributed by atoms with Gasteiger partial charge in [-0.15, -0.1) is 0 Å². The number of nitrogens with two attached hydrogens (primary N) is 1. The number of rotatable bonds is 24. The van der Waals surface area contributed by atoms with Gasteiger partial charge in [-0.3, -0.25) is 15.0 Å². The van der Waals surface area contributed by atoms with Gasteiger partial charge in [0.1, 0.15) is 11.2 Å². The van der Waals surface area contributed by atoms with Crippen LogP contribution in [-0.4, -0.2) is 89.7 Å². The Hall–Kier alpha value is -4.23. The summed E-state index contributed by atoms with van der Waals surface area (Å²) in [4.78, 5) is 30.7. The zero-order valence-corrected chi connectivity index (χ0v) is 43.7. The number of aromatic nitrogens is 1. The number of hydrogen-bond donors (Lipinski definition) is 4. The van der Waals surface area contributed by atoms with Crippen LogP contribution < -0.4 is 26.6 Å². The number of ether oxygens (including phenoxy) is 3. The molecule has 3 aromatic carbocycles. The summed E-state index contributed by atoms with van der Waals surface area (Å²) in [6, 6.07) is 22.4. The molecule has 1 aliphatic heterocycles. The molecule has 0 saturated carbocycles. The Labute approximate surface area is 421 Å². The molecule has 4 aromatic rings. The Kier molecular flexibility index (Phi) is 19.1. The molecule has 1 fully saturated rings. The van der Waals surface area contributed by atoms with Gasteiger partial charge in [0.25, 0.3) is 5.91 Å². The van der Waals surface area contributed by atoms with Crippen molar-refractivity contribution in [3.63, 3.8) is 0 Å². The molecule has 5 rings (SSSR count). The Balaban J connectivity index is 1.35. The van der Waals surface area contributed by atoms with E-state index in [4.69, 9.17) is 48.2 Å². The van der Waals surface area contributed by atoms with Gasteiger partial charge >= 0.3 is 15.5 Å². The van der Waals surface area contributed by atoms with Crippen LogP contribution in [0.2, 0.25) is 10.0 Å². The number of carbonyl (C=O) groups is 2.